The Hall–Kier alpha value is -1.10. The van der Waals surface area contributed by atoms with Crippen LogP contribution >= 0.6 is 0 Å². The van der Waals surface area contributed by atoms with E-state index in [0.717, 1.165) is 12.8 Å². The normalized spacial score (nSPS) is 12.1. The zero-order valence-electron chi connectivity index (χ0n) is 12.8. The second-order valence-corrected chi connectivity index (χ2v) is 5.13. The van der Waals surface area contributed by atoms with Crippen LogP contribution in [0.1, 0.15) is 64.7 Å². The quantitative estimate of drug-likeness (QED) is 0.511. The second-order valence-electron chi connectivity index (χ2n) is 5.13. The van der Waals surface area contributed by atoms with Crippen molar-refractivity contribution in [3.8, 4) is 0 Å². The fourth-order valence-corrected chi connectivity index (χ4v) is 1.99. The second kappa shape index (κ2) is 12.9. The molecule has 20 heavy (non-hydrogen) atoms. The molecule has 0 fully saturated rings. The van der Waals surface area contributed by atoms with E-state index in [1.165, 1.54) is 39.2 Å². The topological polar surface area (TPSA) is 75.6 Å². The van der Waals surface area contributed by atoms with E-state index in [9.17, 15) is 9.59 Å². The van der Waals surface area contributed by atoms with Crippen LogP contribution in [0, 0.1) is 0 Å². The lowest BCUT2D eigenvalue weighted by molar-refractivity contribution is -0.140. The zero-order valence-corrected chi connectivity index (χ0v) is 12.8. The number of hydrogen-bond acceptors (Lipinski definition) is 3. The molecule has 2 N–H and O–H groups in total. The molecule has 0 saturated heterocycles. The van der Waals surface area contributed by atoms with Gasteiger partial charge in [-0.2, -0.15) is 0 Å². The Morgan fingerprint density at radius 1 is 1.10 bits per heavy atom. The van der Waals surface area contributed by atoms with Gasteiger partial charge in [-0.3, -0.25) is 9.59 Å². The molecule has 0 aliphatic rings. The highest BCUT2D eigenvalue weighted by molar-refractivity contribution is 5.76. The van der Waals surface area contributed by atoms with Crippen LogP contribution in [-0.4, -0.2) is 36.7 Å². The summed E-state index contributed by atoms with van der Waals surface area (Å²) in [4.78, 5) is 22.1. The number of aliphatic carboxylic acids is 1. The third kappa shape index (κ3) is 12.0. The van der Waals surface area contributed by atoms with Gasteiger partial charge in [0.15, 0.2) is 0 Å². The van der Waals surface area contributed by atoms with Gasteiger partial charge in [-0.25, -0.2) is 0 Å². The minimum Gasteiger partial charge on any atom is -0.481 e. The van der Waals surface area contributed by atoms with Crippen molar-refractivity contribution in [2.24, 2.45) is 0 Å². The number of hydrogen-bond donors (Lipinski definition) is 2. The van der Waals surface area contributed by atoms with Crippen LogP contribution in [0.2, 0.25) is 0 Å². The van der Waals surface area contributed by atoms with Gasteiger partial charge in [0.1, 0.15) is 0 Å². The first-order valence-corrected chi connectivity index (χ1v) is 7.61. The molecule has 0 heterocycles. The van der Waals surface area contributed by atoms with Crippen molar-refractivity contribution in [2.45, 2.75) is 70.8 Å². The Morgan fingerprint density at radius 2 is 1.70 bits per heavy atom. The maximum absolute atomic E-state index is 11.6. The van der Waals surface area contributed by atoms with E-state index in [0.29, 0.717) is 6.42 Å². The summed E-state index contributed by atoms with van der Waals surface area (Å²) in [5.74, 6) is -0.941. The minimum atomic E-state index is -0.918. The molecule has 0 aromatic heterocycles. The Kier molecular flexibility index (Phi) is 12.2. The van der Waals surface area contributed by atoms with Crippen LogP contribution in [0.4, 0.5) is 0 Å². The predicted molar refractivity (Wildman–Crippen MR) is 78.7 cm³/mol. The number of methoxy groups -OCH3 is 1. The van der Waals surface area contributed by atoms with Crippen molar-refractivity contribution >= 4 is 11.9 Å². The van der Waals surface area contributed by atoms with Gasteiger partial charge >= 0.3 is 5.97 Å². The highest BCUT2D eigenvalue weighted by Gasteiger charge is 2.13. The van der Waals surface area contributed by atoms with Crippen molar-refractivity contribution in [1.82, 2.24) is 5.32 Å². The molecule has 0 aliphatic heterocycles. The van der Waals surface area contributed by atoms with Crippen LogP contribution in [0.25, 0.3) is 0 Å². The van der Waals surface area contributed by atoms with Crippen LogP contribution in [0.3, 0.4) is 0 Å². The van der Waals surface area contributed by atoms with E-state index >= 15 is 0 Å². The summed E-state index contributed by atoms with van der Waals surface area (Å²) >= 11 is 0. The van der Waals surface area contributed by atoms with Gasteiger partial charge in [-0.1, -0.05) is 45.4 Å². The molecule has 0 saturated carbocycles. The fraction of sp³-hybridized carbons (Fsp3) is 0.867. The smallest absolute Gasteiger partial charge is 0.306 e. The van der Waals surface area contributed by atoms with E-state index in [1.807, 2.05) is 0 Å². The number of rotatable bonds is 13. The lowest BCUT2D eigenvalue weighted by atomic mass is 10.1. The molecule has 5 nitrogen and oxygen atoms in total. The first-order valence-electron chi connectivity index (χ1n) is 7.61. The van der Waals surface area contributed by atoms with E-state index in [4.69, 9.17) is 9.84 Å². The Morgan fingerprint density at radius 3 is 2.25 bits per heavy atom. The van der Waals surface area contributed by atoms with Gasteiger partial charge in [-0.05, 0) is 6.42 Å². The largest absolute Gasteiger partial charge is 0.481 e. The van der Waals surface area contributed by atoms with Gasteiger partial charge in [0.2, 0.25) is 5.91 Å². The molecule has 1 amide bonds. The number of carboxylic acids is 1. The Balaban J connectivity index is 3.50. The summed E-state index contributed by atoms with van der Waals surface area (Å²) in [7, 11) is 1.45. The summed E-state index contributed by atoms with van der Waals surface area (Å²) in [6.07, 6.45) is 8.22. The Labute approximate surface area is 122 Å². The SMILES string of the molecule is CCCCCCCCCC(=O)NCC(CC(=O)O)OC. The maximum Gasteiger partial charge on any atom is 0.306 e. The van der Waals surface area contributed by atoms with Gasteiger partial charge in [0, 0.05) is 20.1 Å². The standard InChI is InChI=1S/C15H29NO4/c1-3-4-5-6-7-8-9-10-14(17)16-12-13(20-2)11-15(18)19/h13H,3-12H2,1-2H3,(H,16,17)(H,18,19). The average Bonchev–Trinajstić information content (AvgIpc) is 2.42. The third-order valence-electron chi connectivity index (χ3n) is 3.27. The summed E-state index contributed by atoms with van der Waals surface area (Å²) in [6, 6.07) is 0. The number of carbonyl (C=O) groups is 2. The van der Waals surface area contributed by atoms with Crippen LogP contribution in [0.15, 0.2) is 0 Å². The van der Waals surface area contributed by atoms with Crippen molar-refractivity contribution in [3.05, 3.63) is 0 Å². The van der Waals surface area contributed by atoms with E-state index in [2.05, 4.69) is 12.2 Å². The molecule has 5 heteroatoms. The first-order chi connectivity index (χ1) is 9.60. The molecule has 0 aliphatic carbocycles. The fourth-order valence-electron chi connectivity index (χ4n) is 1.99. The van der Waals surface area contributed by atoms with Crippen LogP contribution in [-0.2, 0) is 14.3 Å². The van der Waals surface area contributed by atoms with Crippen molar-refractivity contribution in [1.29, 1.82) is 0 Å². The van der Waals surface area contributed by atoms with Crippen molar-refractivity contribution < 1.29 is 19.4 Å². The van der Waals surface area contributed by atoms with Gasteiger partial charge in [0.25, 0.3) is 0 Å². The van der Waals surface area contributed by atoms with Crippen LogP contribution in [0.5, 0.6) is 0 Å². The van der Waals surface area contributed by atoms with E-state index in [-0.39, 0.29) is 18.9 Å². The number of carbonyl (C=O) groups excluding carboxylic acids is 1. The average molecular weight is 287 g/mol. The lowest BCUT2D eigenvalue weighted by Crippen LogP contribution is -2.34. The summed E-state index contributed by atoms with van der Waals surface area (Å²) in [6.45, 7) is 2.46. The first kappa shape index (κ1) is 18.9. The number of ether oxygens (including phenoxy) is 1. The number of amides is 1. The number of carboxylic acid groups (broad SMARTS) is 1. The van der Waals surface area contributed by atoms with Crippen molar-refractivity contribution in [2.75, 3.05) is 13.7 Å². The third-order valence-corrected chi connectivity index (χ3v) is 3.27. The molecule has 1 unspecified atom stereocenters. The molecule has 0 spiro atoms. The molecule has 0 radical (unpaired) electrons. The molecular formula is C15H29NO4. The highest BCUT2D eigenvalue weighted by atomic mass is 16.5. The summed E-state index contributed by atoms with van der Waals surface area (Å²) < 4.78 is 5.00. The molecule has 118 valence electrons. The molecule has 0 aromatic carbocycles. The van der Waals surface area contributed by atoms with Gasteiger partial charge in [0.05, 0.1) is 12.5 Å². The summed E-state index contributed by atoms with van der Waals surface area (Å²) in [5, 5.41) is 11.4. The minimum absolute atomic E-state index is 0.0222. The lowest BCUT2D eigenvalue weighted by Gasteiger charge is -2.13. The van der Waals surface area contributed by atoms with Gasteiger partial charge in [-0.15, -0.1) is 0 Å². The van der Waals surface area contributed by atoms with Gasteiger partial charge < -0.3 is 15.2 Å². The molecule has 0 aromatic rings. The maximum atomic E-state index is 11.6. The highest BCUT2D eigenvalue weighted by Crippen LogP contribution is 2.08. The monoisotopic (exact) mass is 287 g/mol. The number of unbranched alkanes of at least 4 members (excludes halogenated alkanes) is 6. The summed E-state index contributed by atoms with van der Waals surface area (Å²) in [5.41, 5.74) is 0. The van der Waals surface area contributed by atoms with Crippen LogP contribution < -0.4 is 5.32 Å². The van der Waals surface area contributed by atoms with E-state index in [1.54, 1.807) is 0 Å². The molecule has 1 atom stereocenters. The Bertz CT molecular complexity index is 269. The van der Waals surface area contributed by atoms with Crippen molar-refractivity contribution in [3.63, 3.8) is 0 Å². The molecular weight excluding hydrogens is 258 g/mol. The van der Waals surface area contributed by atoms with E-state index < -0.39 is 12.1 Å². The molecule has 0 rings (SSSR count). The predicted octanol–water partition coefficient (Wildman–Crippen LogP) is 2.73. The zero-order chi connectivity index (χ0) is 15.2. The molecule has 0 bridgehead atoms. The number of nitrogens with one attached hydrogen (secondary N) is 1.